The summed E-state index contributed by atoms with van der Waals surface area (Å²) in [5.41, 5.74) is 3.08. The first kappa shape index (κ1) is 22.2. The van der Waals surface area contributed by atoms with Crippen molar-refractivity contribution >= 4 is 46.2 Å². The van der Waals surface area contributed by atoms with Crippen LogP contribution >= 0.6 is 24.0 Å². The summed E-state index contributed by atoms with van der Waals surface area (Å²) in [5.74, 6) is -0.292. The molecule has 0 aromatic heterocycles. The topological polar surface area (TPSA) is 60.9 Å². The number of amides is 2. The van der Waals surface area contributed by atoms with E-state index < -0.39 is 0 Å². The first-order valence-corrected chi connectivity index (χ1v) is 10.9. The van der Waals surface area contributed by atoms with Crippen LogP contribution in [0, 0.1) is 6.92 Å². The number of hydrogen-bond donors (Lipinski definition) is 1. The van der Waals surface area contributed by atoms with Gasteiger partial charge in [0, 0.05) is 26.1 Å². The Morgan fingerprint density at radius 2 is 1.87 bits per heavy atom. The van der Waals surface area contributed by atoms with Gasteiger partial charge in [-0.2, -0.15) is 0 Å². The molecule has 156 valence electrons. The van der Waals surface area contributed by atoms with E-state index in [2.05, 4.69) is 0 Å². The largest absolute Gasteiger partial charge is 0.395 e. The van der Waals surface area contributed by atoms with Gasteiger partial charge in [-0.3, -0.25) is 14.5 Å². The van der Waals surface area contributed by atoms with Gasteiger partial charge in [0.1, 0.15) is 4.32 Å². The molecule has 2 aromatic carbocycles. The molecule has 5 nitrogen and oxygen atoms in total. The van der Waals surface area contributed by atoms with Gasteiger partial charge in [-0.05, 0) is 24.1 Å². The lowest BCUT2D eigenvalue weighted by Gasteiger charge is -2.23. The van der Waals surface area contributed by atoms with Crippen molar-refractivity contribution in [1.29, 1.82) is 0 Å². The number of benzene rings is 2. The average molecular weight is 441 g/mol. The zero-order valence-corrected chi connectivity index (χ0v) is 18.4. The maximum absolute atomic E-state index is 12.8. The maximum atomic E-state index is 12.8. The molecule has 1 saturated heterocycles. The maximum Gasteiger partial charge on any atom is 0.266 e. The molecule has 0 radical (unpaired) electrons. The third kappa shape index (κ3) is 5.78. The monoisotopic (exact) mass is 440 g/mol. The van der Waals surface area contributed by atoms with Crippen LogP contribution in [-0.4, -0.2) is 50.7 Å². The van der Waals surface area contributed by atoms with Crippen molar-refractivity contribution in [2.45, 2.75) is 19.9 Å². The Balaban J connectivity index is 1.62. The summed E-state index contributed by atoms with van der Waals surface area (Å²) in [6.07, 6.45) is 1.98. The second-order valence-corrected chi connectivity index (χ2v) is 8.69. The number of aliphatic hydroxyl groups is 1. The highest BCUT2D eigenvalue weighted by Gasteiger charge is 2.32. The van der Waals surface area contributed by atoms with Crippen LogP contribution in [0.15, 0.2) is 59.5 Å². The van der Waals surface area contributed by atoms with E-state index in [0.717, 1.165) is 16.7 Å². The predicted octanol–water partition coefficient (Wildman–Crippen LogP) is 3.61. The van der Waals surface area contributed by atoms with Gasteiger partial charge in [0.2, 0.25) is 5.91 Å². The first-order valence-electron chi connectivity index (χ1n) is 9.72. The van der Waals surface area contributed by atoms with E-state index in [1.807, 2.05) is 67.6 Å². The van der Waals surface area contributed by atoms with Crippen LogP contribution in [0.1, 0.15) is 23.1 Å². The molecule has 0 spiro atoms. The fraction of sp³-hybridized carbons (Fsp3) is 0.261. The summed E-state index contributed by atoms with van der Waals surface area (Å²) in [6, 6.07) is 17.5. The number of hydrogen-bond acceptors (Lipinski definition) is 5. The summed E-state index contributed by atoms with van der Waals surface area (Å²) >= 11 is 6.63. The Labute approximate surface area is 186 Å². The van der Waals surface area contributed by atoms with E-state index in [9.17, 15) is 14.7 Å². The van der Waals surface area contributed by atoms with E-state index in [1.165, 1.54) is 16.7 Å². The fourth-order valence-electron chi connectivity index (χ4n) is 3.09. The molecule has 2 amide bonds. The lowest BCUT2D eigenvalue weighted by molar-refractivity contribution is -0.132. The third-order valence-corrected chi connectivity index (χ3v) is 6.11. The number of thiocarbonyl (C=S) groups is 1. The Morgan fingerprint density at radius 1 is 1.17 bits per heavy atom. The minimum atomic E-state index is -0.171. The molecule has 2 aromatic rings. The van der Waals surface area contributed by atoms with Gasteiger partial charge in [-0.15, -0.1) is 0 Å². The summed E-state index contributed by atoms with van der Waals surface area (Å²) < 4.78 is 0.461. The summed E-state index contributed by atoms with van der Waals surface area (Å²) in [7, 11) is 0. The van der Waals surface area contributed by atoms with Gasteiger partial charge < -0.3 is 10.0 Å². The van der Waals surface area contributed by atoms with Crippen LogP contribution in [0.25, 0.3) is 6.08 Å². The average Bonchev–Trinajstić information content (AvgIpc) is 3.01. The van der Waals surface area contributed by atoms with Crippen LogP contribution < -0.4 is 0 Å². The number of carbonyl (C=O) groups is 2. The molecule has 1 N–H and O–H groups in total. The van der Waals surface area contributed by atoms with E-state index >= 15 is 0 Å². The van der Waals surface area contributed by atoms with Crippen LogP contribution in [0.3, 0.4) is 0 Å². The molecule has 0 atom stereocenters. The van der Waals surface area contributed by atoms with Crippen LogP contribution in [0.4, 0.5) is 0 Å². The van der Waals surface area contributed by atoms with Crippen molar-refractivity contribution in [2.24, 2.45) is 0 Å². The van der Waals surface area contributed by atoms with Gasteiger partial charge in [-0.1, -0.05) is 84.1 Å². The minimum absolute atomic E-state index is 0.112. The molecule has 0 bridgehead atoms. The second-order valence-electron chi connectivity index (χ2n) is 7.02. The minimum Gasteiger partial charge on any atom is -0.395 e. The second kappa shape index (κ2) is 10.5. The molecule has 0 unspecified atom stereocenters. The predicted molar refractivity (Wildman–Crippen MR) is 125 cm³/mol. The smallest absolute Gasteiger partial charge is 0.266 e. The zero-order valence-electron chi connectivity index (χ0n) is 16.8. The molecule has 1 aliphatic rings. The molecule has 30 heavy (non-hydrogen) atoms. The van der Waals surface area contributed by atoms with Crippen LogP contribution in [0.2, 0.25) is 0 Å². The molecule has 3 rings (SSSR count). The molecule has 1 fully saturated rings. The number of rotatable bonds is 8. The Hall–Kier alpha value is -2.48. The van der Waals surface area contributed by atoms with Crippen LogP contribution in [0.5, 0.6) is 0 Å². The van der Waals surface area contributed by atoms with Gasteiger partial charge in [0.25, 0.3) is 5.91 Å². The van der Waals surface area contributed by atoms with E-state index in [-0.39, 0.29) is 37.9 Å². The molecule has 7 heteroatoms. The van der Waals surface area contributed by atoms with Crippen molar-refractivity contribution in [2.75, 3.05) is 19.7 Å². The summed E-state index contributed by atoms with van der Waals surface area (Å²) in [5, 5.41) is 9.33. The molecule has 0 aliphatic carbocycles. The van der Waals surface area contributed by atoms with E-state index in [4.69, 9.17) is 12.2 Å². The molecule has 0 saturated carbocycles. The summed E-state index contributed by atoms with van der Waals surface area (Å²) in [6.45, 7) is 2.80. The zero-order chi connectivity index (χ0) is 21.5. The SMILES string of the molecule is Cc1ccc(C=C2SC(=S)N(CCC(=O)N(CCO)Cc3ccccc3)C2=O)cc1. The van der Waals surface area contributed by atoms with E-state index in [1.54, 1.807) is 4.90 Å². The molecule has 1 aliphatic heterocycles. The van der Waals surface area contributed by atoms with Gasteiger partial charge in [-0.25, -0.2) is 0 Å². The first-order chi connectivity index (χ1) is 14.5. The van der Waals surface area contributed by atoms with Crippen LogP contribution in [-0.2, 0) is 16.1 Å². The lowest BCUT2D eigenvalue weighted by Crippen LogP contribution is -2.37. The van der Waals surface area contributed by atoms with Gasteiger partial charge in [0.05, 0.1) is 11.5 Å². The summed E-state index contributed by atoms with van der Waals surface area (Å²) in [4.78, 5) is 29.1. The lowest BCUT2D eigenvalue weighted by atomic mass is 10.1. The molecule has 1 heterocycles. The Morgan fingerprint density at radius 3 is 2.53 bits per heavy atom. The van der Waals surface area contributed by atoms with Crippen molar-refractivity contribution in [3.8, 4) is 0 Å². The molecular weight excluding hydrogens is 416 g/mol. The normalized spacial score (nSPS) is 15.1. The number of aliphatic hydroxyl groups excluding tert-OH is 1. The van der Waals surface area contributed by atoms with Gasteiger partial charge in [0.15, 0.2) is 0 Å². The third-order valence-electron chi connectivity index (χ3n) is 4.74. The highest BCUT2D eigenvalue weighted by atomic mass is 32.2. The van der Waals surface area contributed by atoms with E-state index in [0.29, 0.717) is 15.8 Å². The highest BCUT2D eigenvalue weighted by Crippen LogP contribution is 2.32. The number of aryl methyl sites for hydroxylation is 1. The van der Waals surface area contributed by atoms with Crippen molar-refractivity contribution in [3.63, 3.8) is 0 Å². The Bertz CT molecular complexity index is 943. The number of nitrogens with zero attached hydrogens (tertiary/aromatic N) is 2. The van der Waals surface area contributed by atoms with Crippen molar-refractivity contribution in [3.05, 3.63) is 76.2 Å². The fourth-order valence-corrected chi connectivity index (χ4v) is 4.40. The molecular formula is C23H24N2O3S2. The quantitative estimate of drug-likeness (QED) is 0.502. The number of carbonyl (C=O) groups excluding carboxylic acids is 2. The number of thioether (sulfide) groups is 1. The standard InChI is InChI=1S/C23H24N2O3S2/c1-17-7-9-18(10-8-17)15-20-22(28)25(23(29)30-20)12-11-21(27)24(13-14-26)16-19-5-3-2-4-6-19/h2-10,15,26H,11-14,16H2,1H3. The van der Waals surface area contributed by atoms with Crippen molar-refractivity contribution < 1.29 is 14.7 Å². The highest BCUT2D eigenvalue weighted by molar-refractivity contribution is 8.26. The van der Waals surface area contributed by atoms with Crippen molar-refractivity contribution in [1.82, 2.24) is 9.80 Å². The van der Waals surface area contributed by atoms with Gasteiger partial charge >= 0.3 is 0 Å². The Kier molecular flexibility index (Phi) is 7.79.